The summed E-state index contributed by atoms with van der Waals surface area (Å²) in [6.07, 6.45) is 0.986. The highest BCUT2D eigenvalue weighted by molar-refractivity contribution is 6.30. The third kappa shape index (κ3) is 5.32. The molecule has 2 aromatic rings. The zero-order chi connectivity index (χ0) is 19.2. The molecule has 1 aliphatic heterocycles. The molecule has 0 aromatic heterocycles. The van der Waals surface area contributed by atoms with Crippen LogP contribution in [0.4, 0.5) is 14.5 Å². The molecule has 0 spiro atoms. The Morgan fingerprint density at radius 2 is 1.93 bits per heavy atom. The molecule has 1 heterocycles. The first-order valence-electron chi connectivity index (χ1n) is 8.94. The van der Waals surface area contributed by atoms with Gasteiger partial charge in [0.1, 0.15) is 0 Å². The van der Waals surface area contributed by atoms with Crippen LogP contribution in [0.25, 0.3) is 0 Å². The number of anilines is 1. The summed E-state index contributed by atoms with van der Waals surface area (Å²) in [5.74, 6) is -0.476. The van der Waals surface area contributed by atoms with Crippen LogP contribution in [-0.4, -0.2) is 32.6 Å². The summed E-state index contributed by atoms with van der Waals surface area (Å²) < 4.78 is 26.5. The first-order chi connectivity index (χ1) is 13.0. The predicted octanol–water partition coefficient (Wildman–Crippen LogP) is 3.81. The number of nitrogens with one attached hydrogen (secondary N) is 2. The largest absolute Gasteiger partial charge is 0.371 e. The first kappa shape index (κ1) is 19.4. The zero-order valence-corrected chi connectivity index (χ0v) is 15.9. The second-order valence-corrected chi connectivity index (χ2v) is 7.07. The Labute approximate surface area is 163 Å². The van der Waals surface area contributed by atoms with Crippen molar-refractivity contribution >= 4 is 23.2 Å². The normalized spacial score (nSPS) is 17.3. The van der Waals surface area contributed by atoms with E-state index in [9.17, 15) is 8.78 Å². The first-order valence-corrected chi connectivity index (χ1v) is 9.32. The molecule has 1 aliphatic rings. The third-order valence-electron chi connectivity index (χ3n) is 4.71. The van der Waals surface area contributed by atoms with E-state index in [0.29, 0.717) is 17.5 Å². The molecule has 1 atom stereocenters. The van der Waals surface area contributed by atoms with Gasteiger partial charge in [0.2, 0.25) is 0 Å². The van der Waals surface area contributed by atoms with Crippen LogP contribution in [0.15, 0.2) is 47.5 Å². The smallest absolute Gasteiger partial charge is 0.191 e. The van der Waals surface area contributed by atoms with Crippen molar-refractivity contribution in [1.29, 1.82) is 0 Å². The van der Waals surface area contributed by atoms with Crippen LogP contribution in [0.5, 0.6) is 0 Å². The summed E-state index contributed by atoms with van der Waals surface area (Å²) in [6.45, 7) is 3.05. The number of aliphatic imine (C=N–C) groups is 1. The van der Waals surface area contributed by atoms with E-state index < -0.39 is 11.6 Å². The van der Waals surface area contributed by atoms with Crippen LogP contribution in [0.2, 0.25) is 5.02 Å². The molecule has 2 aromatic carbocycles. The standard InChI is InChI=1S/C20H23ClF2N4/c1-24-20(25-11-14-2-4-16(21)5-3-14)26-12-15-8-9-27(13-15)17-6-7-18(22)19(23)10-17/h2-7,10,15H,8-9,11-13H2,1H3,(H2,24,25,26). The van der Waals surface area contributed by atoms with Gasteiger partial charge in [-0.15, -0.1) is 0 Å². The molecule has 1 fully saturated rings. The third-order valence-corrected chi connectivity index (χ3v) is 4.96. The van der Waals surface area contributed by atoms with Crippen molar-refractivity contribution in [2.75, 3.05) is 31.6 Å². The summed E-state index contributed by atoms with van der Waals surface area (Å²) in [7, 11) is 1.74. The van der Waals surface area contributed by atoms with Crippen molar-refractivity contribution in [3.63, 3.8) is 0 Å². The lowest BCUT2D eigenvalue weighted by molar-refractivity contribution is 0.508. The van der Waals surface area contributed by atoms with Crippen molar-refractivity contribution in [2.24, 2.45) is 10.9 Å². The Kier molecular flexibility index (Phi) is 6.50. The lowest BCUT2D eigenvalue weighted by atomic mass is 10.1. The molecule has 144 valence electrons. The van der Waals surface area contributed by atoms with E-state index in [1.54, 1.807) is 13.1 Å². The number of hydrogen-bond donors (Lipinski definition) is 2. The van der Waals surface area contributed by atoms with Gasteiger partial charge in [-0.25, -0.2) is 8.78 Å². The highest BCUT2D eigenvalue weighted by atomic mass is 35.5. The minimum Gasteiger partial charge on any atom is -0.371 e. The van der Waals surface area contributed by atoms with E-state index in [4.69, 9.17) is 11.6 Å². The molecule has 0 saturated carbocycles. The SMILES string of the molecule is CN=C(NCc1ccc(Cl)cc1)NCC1CCN(c2ccc(F)c(F)c2)C1. The van der Waals surface area contributed by atoms with Gasteiger partial charge >= 0.3 is 0 Å². The fourth-order valence-electron chi connectivity index (χ4n) is 3.17. The highest BCUT2D eigenvalue weighted by Gasteiger charge is 2.23. The van der Waals surface area contributed by atoms with Crippen LogP contribution >= 0.6 is 11.6 Å². The van der Waals surface area contributed by atoms with Crippen LogP contribution in [0, 0.1) is 17.6 Å². The molecule has 0 bridgehead atoms. The summed E-state index contributed by atoms with van der Waals surface area (Å²) in [5, 5.41) is 7.33. The molecule has 4 nitrogen and oxygen atoms in total. The molecule has 27 heavy (non-hydrogen) atoms. The molecule has 7 heteroatoms. The van der Waals surface area contributed by atoms with Crippen molar-refractivity contribution in [3.05, 3.63) is 64.7 Å². The molecule has 0 aliphatic carbocycles. The monoisotopic (exact) mass is 392 g/mol. The number of halogens is 3. The Morgan fingerprint density at radius 3 is 2.63 bits per heavy atom. The molecule has 3 rings (SSSR count). The lowest BCUT2D eigenvalue weighted by Crippen LogP contribution is -2.39. The van der Waals surface area contributed by atoms with Gasteiger partial charge in [0.05, 0.1) is 0 Å². The predicted molar refractivity (Wildman–Crippen MR) is 106 cm³/mol. The van der Waals surface area contributed by atoms with E-state index in [0.717, 1.165) is 43.3 Å². The molecule has 0 radical (unpaired) electrons. The van der Waals surface area contributed by atoms with Gasteiger partial charge in [-0.05, 0) is 42.2 Å². The Balaban J connectivity index is 1.46. The van der Waals surface area contributed by atoms with Crippen molar-refractivity contribution in [1.82, 2.24) is 10.6 Å². The summed E-state index contributed by atoms with van der Waals surface area (Å²) in [5.41, 5.74) is 1.84. The fourth-order valence-corrected chi connectivity index (χ4v) is 3.29. The van der Waals surface area contributed by atoms with E-state index in [1.165, 1.54) is 12.1 Å². The average Bonchev–Trinajstić information content (AvgIpc) is 3.14. The van der Waals surface area contributed by atoms with Gasteiger partial charge in [-0.2, -0.15) is 0 Å². The number of hydrogen-bond acceptors (Lipinski definition) is 2. The minimum atomic E-state index is -0.813. The van der Waals surface area contributed by atoms with E-state index in [2.05, 4.69) is 20.5 Å². The van der Waals surface area contributed by atoms with Gasteiger partial charge in [0, 0.05) is 50.0 Å². The quantitative estimate of drug-likeness (QED) is 0.600. The molecule has 1 unspecified atom stereocenters. The molecular weight excluding hydrogens is 370 g/mol. The van der Waals surface area contributed by atoms with Crippen LogP contribution < -0.4 is 15.5 Å². The zero-order valence-electron chi connectivity index (χ0n) is 15.2. The van der Waals surface area contributed by atoms with Crippen molar-refractivity contribution in [3.8, 4) is 0 Å². The molecule has 2 N–H and O–H groups in total. The average molecular weight is 393 g/mol. The van der Waals surface area contributed by atoms with Crippen LogP contribution in [-0.2, 0) is 6.54 Å². The Morgan fingerprint density at radius 1 is 1.15 bits per heavy atom. The van der Waals surface area contributed by atoms with Crippen molar-refractivity contribution < 1.29 is 8.78 Å². The van der Waals surface area contributed by atoms with E-state index in [1.807, 2.05) is 24.3 Å². The maximum Gasteiger partial charge on any atom is 0.191 e. The minimum absolute atomic E-state index is 0.409. The molecular formula is C20H23ClF2N4. The number of nitrogens with zero attached hydrogens (tertiary/aromatic N) is 2. The Bertz CT molecular complexity index is 795. The van der Waals surface area contributed by atoms with Gasteiger partial charge in [0.15, 0.2) is 17.6 Å². The van der Waals surface area contributed by atoms with Gasteiger partial charge < -0.3 is 15.5 Å². The van der Waals surface area contributed by atoms with Crippen LogP contribution in [0.3, 0.4) is 0 Å². The summed E-state index contributed by atoms with van der Waals surface area (Å²) >= 11 is 5.90. The maximum absolute atomic E-state index is 13.4. The van der Waals surface area contributed by atoms with Gasteiger partial charge in [-0.3, -0.25) is 4.99 Å². The van der Waals surface area contributed by atoms with Gasteiger partial charge in [-0.1, -0.05) is 23.7 Å². The van der Waals surface area contributed by atoms with Crippen molar-refractivity contribution in [2.45, 2.75) is 13.0 Å². The topological polar surface area (TPSA) is 39.7 Å². The highest BCUT2D eigenvalue weighted by Crippen LogP contribution is 2.25. The second-order valence-electron chi connectivity index (χ2n) is 6.63. The fraction of sp³-hybridized carbons (Fsp3) is 0.350. The number of rotatable bonds is 5. The lowest BCUT2D eigenvalue weighted by Gasteiger charge is -2.19. The van der Waals surface area contributed by atoms with E-state index >= 15 is 0 Å². The Hall–Kier alpha value is -2.34. The summed E-state index contributed by atoms with van der Waals surface area (Å²) in [4.78, 5) is 6.33. The van der Waals surface area contributed by atoms with Crippen LogP contribution in [0.1, 0.15) is 12.0 Å². The number of guanidine groups is 1. The number of benzene rings is 2. The van der Waals surface area contributed by atoms with Gasteiger partial charge in [0.25, 0.3) is 0 Å². The second kappa shape index (κ2) is 9.04. The molecule has 0 amide bonds. The summed E-state index contributed by atoms with van der Waals surface area (Å²) in [6, 6.07) is 11.7. The van der Waals surface area contributed by atoms with E-state index in [-0.39, 0.29) is 0 Å². The maximum atomic E-state index is 13.4. The molecule has 1 saturated heterocycles.